The highest BCUT2D eigenvalue weighted by Gasteiger charge is 2.18. The highest BCUT2D eigenvalue weighted by atomic mass is 16.5. The molecule has 0 radical (unpaired) electrons. The summed E-state index contributed by atoms with van der Waals surface area (Å²) in [5.41, 5.74) is 0. The summed E-state index contributed by atoms with van der Waals surface area (Å²) in [4.78, 5) is 11.7. The fourth-order valence-corrected chi connectivity index (χ4v) is 2.94. The first kappa shape index (κ1) is 14.8. The summed E-state index contributed by atoms with van der Waals surface area (Å²) in [5, 5.41) is 2.99. The first-order chi connectivity index (χ1) is 9.34. The van der Waals surface area contributed by atoms with Gasteiger partial charge in [0, 0.05) is 26.2 Å². The Morgan fingerprint density at radius 3 is 2.79 bits per heavy atom. The number of amides is 1. The standard InChI is InChI=1S/C15H27NO3/c17-15(11-13-5-1-2-6-13)16-8-4-9-18-12-14-7-3-10-19-14/h13-14H,1-12H2,(H,16,17). The minimum Gasteiger partial charge on any atom is -0.379 e. The lowest BCUT2D eigenvalue weighted by Gasteiger charge is -2.11. The number of hydrogen-bond donors (Lipinski definition) is 1. The van der Waals surface area contributed by atoms with E-state index in [9.17, 15) is 4.79 Å². The number of ether oxygens (including phenoxy) is 2. The van der Waals surface area contributed by atoms with Crippen LogP contribution in [0.1, 0.15) is 51.4 Å². The van der Waals surface area contributed by atoms with Crippen molar-refractivity contribution in [3.05, 3.63) is 0 Å². The molecule has 0 spiro atoms. The zero-order valence-corrected chi connectivity index (χ0v) is 11.9. The van der Waals surface area contributed by atoms with Crippen molar-refractivity contribution < 1.29 is 14.3 Å². The van der Waals surface area contributed by atoms with Gasteiger partial charge in [0.15, 0.2) is 0 Å². The van der Waals surface area contributed by atoms with Crippen LogP contribution in [0.3, 0.4) is 0 Å². The molecule has 1 heterocycles. The Balaban J connectivity index is 1.39. The van der Waals surface area contributed by atoms with Crippen molar-refractivity contribution in [1.29, 1.82) is 0 Å². The second-order valence-electron chi connectivity index (χ2n) is 5.77. The Kier molecular flexibility index (Phi) is 6.65. The molecule has 1 amide bonds. The number of carbonyl (C=O) groups excluding carboxylic acids is 1. The van der Waals surface area contributed by atoms with Gasteiger partial charge in [0.25, 0.3) is 0 Å². The predicted octanol–water partition coefficient (Wildman–Crippen LogP) is 2.27. The van der Waals surface area contributed by atoms with Gasteiger partial charge in [-0.15, -0.1) is 0 Å². The third kappa shape index (κ3) is 5.91. The molecule has 0 aromatic rings. The van der Waals surface area contributed by atoms with Gasteiger partial charge < -0.3 is 14.8 Å². The summed E-state index contributed by atoms with van der Waals surface area (Å²) < 4.78 is 11.0. The molecule has 0 aromatic carbocycles. The Morgan fingerprint density at radius 1 is 1.21 bits per heavy atom. The Bertz CT molecular complexity index is 258. The van der Waals surface area contributed by atoms with Crippen LogP contribution >= 0.6 is 0 Å². The van der Waals surface area contributed by atoms with E-state index in [2.05, 4.69) is 5.32 Å². The zero-order chi connectivity index (χ0) is 13.3. The van der Waals surface area contributed by atoms with Crippen molar-refractivity contribution in [2.45, 2.75) is 57.5 Å². The lowest BCUT2D eigenvalue weighted by molar-refractivity contribution is -0.122. The van der Waals surface area contributed by atoms with Crippen LogP contribution in [-0.2, 0) is 14.3 Å². The van der Waals surface area contributed by atoms with Crippen LogP contribution in [0.5, 0.6) is 0 Å². The second-order valence-corrected chi connectivity index (χ2v) is 5.77. The smallest absolute Gasteiger partial charge is 0.220 e. The Hall–Kier alpha value is -0.610. The molecular formula is C15H27NO3. The predicted molar refractivity (Wildman–Crippen MR) is 74.0 cm³/mol. The van der Waals surface area contributed by atoms with E-state index < -0.39 is 0 Å². The molecule has 0 bridgehead atoms. The summed E-state index contributed by atoms with van der Waals surface area (Å²) in [6.45, 7) is 3.03. The topological polar surface area (TPSA) is 47.6 Å². The van der Waals surface area contributed by atoms with Crippen LogP contribution in [-0.4, -0.2) is 38.4 Å². The summed E-state index contributed by atoms with van der Waals surface area (Å²) in [5.74, 6) is 0.849. The van der Waals surface area contributed by atoms with E-state index in [1.165, 1.54) is 25.7 Å². The van der Waals surface area contributed by atoms with Gasteiger partial charge in [0.05, 0.1) is 12.7 Å². The van der Waals surface area contributed by atoms with E-state index in [1.54, 1.807) is 0 Å². The second kappa shape index (κ2) is 8.54. The van der Waals surface area contributed by atoms with Crippen LogP contribution in [0.4, 0.5) is 0 Å². The number of nitrogens with one attached hydrogen (secondary N) is 1. The Labute approximate surface area is 116 Å². The molecule has 2 fully saturated rings. The van der Waals surface area contributed by atoms with Gasteiger partial charge in [-0.05, 0) is 38.0 Å². The largest absolute Gasteiger partial charge is 0.379 e. The fraction of sp³-hybridized carbons (Fsp3) is 0.933. The molecule has 2 aliphatic rings. The SMILES string of the molecule is O=C(CC1CCCC1)NCCCOCC1CCCO1. The maximum atomic E-state index is 11.7. The molecule has 0 aromatic heterocycles. The summed E-state index contributed by atoms with van der Waals surface area (Å²) in [6.07, 6.45) is 9.26. The number of rotatable bonds is 8. The highest BCUT2D eigenvalue weighted by Crippen LogP contribution is 2.27. The van der Waals surface area contributed by atoms with E-state index in [4.69, 9.17) is 9.47 Å². The molecule has 1 saturated carbocycles. The molecule has 19 heavy (non-hydrogen) atoms. The van der Waals surface area contributed by atoms with Gasteiger partial charge in [-0.1, -0.05) is 12.8 Å². The third-order valence-corrected chi connectivity index (χ3v) is 4.06. The first-order valence-electron chi connectivity index (χ1n) is 7.80. The van der Waals surface area contributed by atoms with Crippen molar-refractivity contribution in [3.8, 4) is 0 Å². The summed E-state index contributed by atoms with van der Waals surface area (Å²) in [6, 6.07) is 0. The van der Waals surface area contributed by atoms with Gasteiger partial charge in [-0.3, -0.25) is 4.79 Å². The van der Waals surface area contributed by atoms with Crippen LogP contribution in [0, 0.1) is 5.92 Å². The minimum absolute atomic E-state index is 0.214. The monoisotopic (exact) mass is 269 g/mol. The highest BCUT2D eigenvalue weighted by molar-refractivity contribution is 5.76. The maximum absolute atomic E-state index is 11.7. The van der Waals surface area contributed by atoms with Crippen molar-refractivity contribution in [2.24, 2.45) is 5.92 Å². The van der Waals surface area contributed by atoms with E-state index in [0.717, 1.165) is 38.8 Å². The zero-order valence-electron chi connectivity index (χ0n) is 11.9. The maximum Gasteiger partial charge on any atom is 0.220 e. The van der Waals surface area contributed by atoms with E-state index in [0.29, 0.717) is 25.2 Å². The summed E-state index contributed by atoms with van der Waals surface area (Å²) in [7, 11) is 0. The molecule has 4 nitrogen and oxygen atoms in total. The molecular weight excluding hydrogens is 242 g/mol. The van der Waals surface area contributed by atoms with Crippen LogP contribution in [0.2, 0.25) is 0 Å². The molecule has 1 saturated heterocycles. The number of carbonyl (C=O) groups is 1. The van der Waals surface area contributed by atoms with Gasteiger partial charge in [0.2, 0.25) is 5.91 Å². The van der Waals surface area contributed by atoms with Gasteiger partial charge >= 0.3 is 0 Å². The molecule has 1 atom stereocenters. The van der Waals surface area contributed by atoms with Crippen LogP contribution < -0.4 is 5.32 Å². The molecule has 1 N–H and O–H groups in total. The molecule has 4 heteroatoms. The van der Waals surface area contributed by atoms with Crippen molar-refractivity contribution in [1.82, 2.24) is 5.32 Å². The molecule has 110 valence electrons. The molecule has 1 aliphatic heterocycles. The van der Waals surface area contributed by atoms with Crippen LogP contribution in [0.25, 0.3) is 0 Å². The summed E-state index contributed by atoms with van der Waals surface area (Å²) >= 11 is 0. The van der Waals surface area contributed by atoms with Gasteiger partial charge in [-0.2, -0.15) is 0 Å². The molecule has 2 rings (SSSR count). The van der Waals surface area contributed by atoms with E-state index in [-0.39, 0.29) is 5.91 Å². The van der Waals surface area contributed by atoms with Crippen molar-refractivity contribution in [3.63, 3.8) is 0 Å². The first-order valence-corrected chi connectivity index (χ1v) is 7.80. The van der Waals surface area contributed by atoms with Gasteiger partial charge in [-0.25, -0.2) is 0 Å². The van der Waals surface area contributed by atoms with Crippen molar-refractivity contribution >= 4 is 5.91 Å². The lowest BCUT2D eigenvalue weighted by Crippen LogP contribution is -2.27. The molecule has 1 unspecified atom stereocenters. The molecule has 1 aliphatic carbocycles. The van der Waals surface area contributed by atoms with Crippen molar-refractivity contribution in [2.75, 3.05) is 26.4 Å². The average molecular weight is 269 g/mol. The number of hydrogen-bond acceptors (Lipinski definition) is 3. The van der Waals surface area contributed by atoms with E-state index >= 15 is 0 Å². The Morgan fingerprint density at radius 2 is 2.05 bits per heavy atom. The minimum atomic E-state index is 0.214. The normalized spacial score (nSPS) is 23.9. The average Bonchev–Trinajstić information content (AvgIpc) is 3.06. The lowest BCUT2D eigenvalue weighted by atomic mass is 10.0. The quantitative estimate of drug-likeness (QED) is 0.688. The third-order valence-electron chi connectivity index (χ3n) is 4.06. The van der Waals surface area contributed by atoms with Crippen LogP contribution in [0.15, 0.2) is 0 Å². The fourth-order valence-electron chi connectivity index (χ4n) is 2.94. The van der Waals surface area contributed by atoms with E-state index in [1.807, 2.05) is 0 Å². The van der Waals surface area contributed by atoms with Gasteiger partial charge in [0.1, 0.15) is 0 Å².